The summed E-state index contributed by atoms with van der Waals surface area (Å²) < 4.78 is 0. The van der Waals surface area contributed by atoms with Gasteiger partial charge in [-0.05, 0) is 49.8 Å². The second-order valence-electron chi connectivity index (χ2n) is 6.21. The molecule has 108 valence electrons. The lowest BCUT2D eigenvalue weighted by Gasteiger charge is -2.43. The maximum atomic E-state index is 12.6. The average molecular weight is 294 g/mol. The predicted molar refractivity (Wildman–Crippen MR) is 78.8 cm³/mol. The smallest absolute Gasteiger partial charge is 0.230 e. The van der Waals surface area contributed by atoms with Gasteiger partial charge in [-0.25, -0.2) is 0 Å². The molecule has 2 saturated carbocycles. The van der Waals surface area contributed by atoms with Crippen molar-refractivity contribution in [3.05, 3.63) is 34.9 Å². The Bertz CT molecular complexity index is 521. The number of aliphatic hydroxyl groups is 1. The van der Waals surface area contributed by atoms with Gasteiger partial charge in [0.1, 0.15) is 0 Å². The lowest BCUT2D eigenvalue weighted by atomic mass is 9.63. The van der Waals surface area contributed by atoms with Gasteiger partial charge in [0.2, 0.25) is 5.91 Å². The number of amides is 1. The van der Waals surface area contributed by atoms with E-state index in [1.165, 1.54) is 0 Å². The monoisotopic (exact) mass is 293 g/mol. The summed E-state index contributed by atoms with van der Waals surface area (Å²) in [6.45, 7) is 0.369. The highest BCUT2D eigenvalue weighted by Crippen LogP contribution is 2.44. The van der Waals surface area contributed by atoms with Crippen molar-refractivity contribution in [2.45, 2.75) is 49.5 Å². The highest BCUT2D eigenvalue weighted by molar-refractivity contribution is 6.30. The van der Waals surface area contributed by atoms with Gasteiger partial charge in [-0.2, -0.15) is 0 Å². The van der Waals surface area contributed by atoms with Crippen LogP contribution < -0.4 is 5.32 Å². The summed E-state index contributed by atoms with van der Waals surface area (Å²) in [6, 6.07) is 7.58. The van der Waals surface area contributed by atoms with E-state index in [4.69, 9.17) is 11.6 Å². The molecule has 0 saturated heterocycles. The lowest BCUT2D eigenvalue weighted by Crippen LogP contribution is -2.54. The van der Waals surface area contributed by atoms with Crippen LogP contribution in [-0.4, -0.2) is 23.2 Å². The molecule has 1 aromatic rings. The van der Waals surface area contributed by atoms with E-state index in [9.17, 15) is 9.90 Å². The average Bonchev–Trinajstić information content (AvgIpc) is 2.33. The van der Waals surface area contributed by atoms with E-state index >= 15 is 0 Å². The Morgan fingerprint density at radius 3 is 2.45 bits per heavy atom. The molecule has 20 heavy (non-hydrogen) atoms. The molecule has 0 bridgehead atoms. The Morgan fingerprint density at radius 2 is 1.95 bits per heavy atom. The molecule has 0 aromatic heterocycles. The van der Waals surface area contributed by atoms with Crippen molar-refractivity contribution in [1.82, 2.24) is 5.32 Å². The molecule has 0 unspecified atom stereocenters. The van der Waals surface area contributed by atoms with Crippen molar-refractivity contribution in [2.75, 3.05) is 6.54 Å². The summed E-state index contributed by atoms with van der Waals surface area (Å²) in [7, 11) is 0. The normalized spacial score (nSPS) is 22.5. The van der Waals surface area contributed by atoms with Crippen molar-refractivity contribution in [3.8, 4) is 0 Å². The fraction of sp³-hybridized carbons (Fsp3) is 0.562. The van der Waals surface area contributed by atoms with E-state index in [0.29, 0.717) is 11.6 Å². The van der Waals surface area contributed by atoms with Gasteiger partial charge < -0.3 is 10.4 Å². The minimum Gasteiger partial charge on any atom is -0.388 e. The van der Waals surface area contributed by atoms with Crippen molar-refractivity contribution in [1.29, 1.82) is 0 Å². The van der Waals surface area contributed by atoms with Crippen molar-refractivity contribution in [3.63, 3.8) is 0 Å². The first-order valence-electron chi connectivity index (χ1n) is 7.31. The van der Waals surface area contributed by atoms with Gasteiger partial charge in [0.15, 0.2) is 0 Å². The summed E-state index contributed by atoms with van der Waals surface area (Å²) in [6.07, 6.45) is 5.40. The Balaban J connectivity index is 1.73. The highest BCUT2D eigenvalue weighted by Gasteiger charge is 2.46. The quantitative estimate of drug-likeness (QED) is 0.897. The summed E-state index contributed by atoms with van der Waals surface area (Å²) in [4.78, 5) is 12.6. The molecule has 3 nitrogen and oxygen atoms in total. The van der Waals surface area contributed by atoms with Crippen LogP contribution in [0, 0.1) is 0 Å². The molecular formula is C16H20ClNO2. The fourth-order valence-corrected chi connectivity index (χ4v) is 3.33. The molecule has 2 aliphatic carbocycles. The Morgan fingerprint density at radius 1 is 1.25 bits per heavy atom. The molecule has 4 heteroatoms. The molecular weight excluding hydrogens is 274 g/mol. The number of carbonyl (C=O) groups excluding carboxylic acids is 1. The van der Waals surface area contributed by atoms with Gasteiger partial charge in [0.25, 0.3) is 0 Å². The molecule has 0 atom stereocenters. The van der Waals surface area contributed by atoms with E-state index in [0.717, 1.165) is 44.1 Å². The molecule has 2 aliphatic rings. The number of benzene rings is 1. The number of rotatable bonds is 4. The molecule has 3 rings (SSSR count). The first-order chi connectivity index (χ1) is 9.54. The van der Waals surface area contributed by atoms with Crippen molar-refractivity contribution >= 4 is 17.5 Å². The maximum absolute atomic E-state index is 12.6. The summed E-state index contributed by atoms with van der Waals surface area (Å²) in [5.41, 5.74) is -0.116. The molecule has 0 spiro atoms. The van der Waals surface area contributed by atoms with Crippen molar-refractivity contribution < 1.29 is 9.90 Å². The summed E-state index contributed by atoms with van der Waals surface area (Å²) in [5.74, 6) is 0.0336. The third kappa shape index (κ3) is 2.33. The second kappa shape index (κ2) is 5.05. The van der Waals surface area contributed by atoms with Crippen molar-refractivity contribution in [2.24, 2.45) is 0 Å². The SMILES string of the molecule is O=C(NCC1(O)CCC1)C1(c2cccc(Cl)c2)CCC1. The third-order valence-electron chi connectivity index (χ3n) is 4.88. The number of halogens is 1. The predicted octanol–water partition coefficient (Wildman–Crippen LogP) is 2.79. The summed E-state index contributed by atoms with van der Waals surface area (Å²) in [5, 5.41) is 13.7. The van der Waals surface area contributed by atoms with Crippen LogP contribution in [0.4, 0.5) is 0 Å². The van der Waals surface area contributed by atoms with Gasteiger partial charge in [-0.3, -0.25) is 4.79 Å². The van der Waals surface area contributed by atoms with E-state index in [2.05, 4.69) is 5.32 Å². The number of hydrogen-bond acceptors (Lipinski definition) is 2. The number of carbonyl (C=O) groups is 1. The molecule has 1 aromatic carbocycles. The van der Waals surface area contributed by atoms with E-state index in [1.807, 2.05) is 24.3 Å². The van der Waals surface area contributed by atoms with Crippen LogP contribution in [0.2, 0.25) is 5.02 Å². The minimum atomic E-state index is -0.672. The zero-order valence-corrected chi connectivity index (χ0v) is 12.2. The minimum absolute atomic E-state index is 0.0336. The fourth-order valence-electron chi connectivity index (χ4n) is 3.14. The van der Waals surface area contributed by atoms with Crippen LogP contribution in [0.5, 0.6) is 0 Å². The molecule has 1 amide bonds. The number of hydrogen-bond donors (Lipinski definition) is 2. The largest absolute Gasteiger partial charge is 0.388 e. The maximum Gasteiger partial charge on any atom is 0.230 e. The Labute approximate surface area is 124 Å². The van der Waals surface area contributed by atoms with Crippen LogP contribution in [0.3, 0.4) is 0 Å². The van der Waals surface area contributed by atoms with E-state index in [1.54, 1.807) is 0 Å². The van der Waals surface area contributed by atoms with Gasteiger partial charge in [-0.15, -0.1) is 0 Å². The van der Waals surface area contributed by atoms with Crippen LogP contribution in [0.15, 0.2) is 24.3 Å². The topological polar surface area (TPSA) is 49.3 Å². The van der Waals surface area contributed by atoms with E-state index < -0.39 is 11.0 Å². The molecule has 0 heterocycles. The first kappa shape index (κ1) is 13.9. The first-order valence-corrected chi connectivity index (χ1v) is 7.69. The molecule has 0 aliphatic heterocycles. The number of nitrogens with one attached hydrogen (secondary N) is 1. The highest BCUT2D eigenvalue weighted by atomic mass is 35.5. The van der Waals surface area contributed by atoms with Gasteiger partial charge in [0, 0.05) is 11.6 Å². The van der Waals surface area contributed by atoms with Crippen LogP contribution >= 0.6 is 11.6 Å². The van der Waals surface area contributed by atoms with Gasteiger partial charge in [-0.1, -0.05) is 30.2 Å². The Kier molecular flexibility index (Phi) is 3.51. The Hall–Kier alpha value is -1.06. The van der Waals surface area contributed by atoms with Crippen LogP contribution in [0.25, 0.3) is 0 Å². The molecule has 2 N–H and O–H groups in total. The van der Waals surface area contributed by atoms with Gasteiger partial charge >= 0.3 is 0 Å². The van der Waals surface area contributed by atoms with Gasteiger partial charge in [0.05, 0.1) is 11.0 Å². The second-order valence-corrected chi connectivity index (χ2v) is 6.64. The zero-order chi connectivity index (χ0) is 14.2. The molecule has 0 radical (unpaired) electrons. The van der Waals surface area contributed by atoms with Crippen LogP contribution in [-0.2, 0) is 10.2 Å². The molecule has 2 fully saturated rings. The zero-order valence-electron chi connectivity index (χ0n) is 11.5. The summed E-state index contributed by atoms with van der Waals surface area (Å²) >= 11 is 6.05. The van der Waals surface area contributed by atoms with E-state index in [-0.39, 0.29) is 5.91 Å². The lowest BCUT2D eigenvalue weighted by molar-refractivity contribution is -0.132. The van der Waals surface area contributed by atoms with Crippen LogP contribution in [0.1, 0.15) is 44.1 Å². The third-order valence-corrected chi connectivity index (χ3v) is 5.12. The standard InChI is InChI=1S/C16H20ClNO2/c17-13-5-1-4-12(10-13)16(8-3-9-16)14(19)18-11-15(20)6-2-7-15/h1,4-5,10,20H,2-3,6-9,11H2,(H,18,19).